The van der Waals surface area contributed by atoms with Gasteiger partial charge in [-0.25, -0.2) is 9.97 Å². The van der Waals surface area contributed by atoms with Gasteiger partial charge in [-0.05, 0) is 25.0 Å². The normalized spacial score (nSPS) is 11.4. The second-order valence-corrected chi connectivity index (χ2v) is 5.65. The van der Waals surface area contributed by atoms with Crippen LogP contribution in [0.1, 0.15) is 23.9 Å². The van der Waals surface area contributed by atoms with E-state index in [4.69, 9.17) is 0 Å². The van der Waals surface area contributed by atoms with Gasteiger partial charge >= 0.3 is 0 Å². The summed E-state index contributed by atoms with van der Waals surface area (Å²) in [5.74, 6) is 0.935. The van der Waals surface area contributed by atoms with Crippen LogP contribution in [0, 0.1) is 6.92 Å². The van der Waals surface area contributed by atoms with Crippen molar-refractivity contribution in [2.75, 3.05) is 5.32 Å². The fraction of sp³-hybridized carbons (Fsp3) is 0.235. The molecule has 4 aromatic heterocycles. The van der Waals surface area contributed by atoms with Crippen LogP contribution in [0.4, 0.5) is 5.82 Å². The van der Waals surface area contributed by atoms with Crippen molar-refractivity contribution >= 4 is 17.1 Å². The van der Waals surface area contributed by atoms with Crippen molar-refractivity contribution in [2.24, 2.45) is 0 Å². The molecule has 4 rings (SSSR count). The quantitative estimate of drug-likeness (QED) is 0.630. The molecule has 0 atom stereocenters. The molecule has 0 saturated carbocycles. The van der Waals surface area contributed by atoms with Gasteiger partial charge in [0.2, 0.25) is 0 Å². The van der Waals surface area contributed by atoms with Crippen LogP contribution < -0.4 is 5.32 Å². The van der Waals surface area contributed by atoms with E-state index in [0.717, 1.165) is 34.9 Å². The summed E-state index contributed by atoms with van der Waals surface area (Å²) < 4.78 is 3.87. The summed E-state index contributed by atoms with van der Waals surface area (Å²) in [4.78, 5) is 9.19. The van der Waals surface area contributed by atoms with E-state index in [2.05, 4.69) is 57.1 Å². The average molecular weight is 306 g/mol. The van der Waals surface area contributed by atoms with Gasteiger partial charge in [-0.1, -0.05) is 13.0 Å². The molecular weight excluding hydrogens is 288 g/mol. The Morgan fingerprint density at radius 1 is 1.04 bits per heavy atom. The molecule has 116 valence electrons. The summed E-state index contributed by atoms with van der Waals surface area (Å²) in [6, 6.07) is 8.06. The van der Waals surface area contributed by atoms with Crippen LogP contribution in [0.25, 0.3) is 11.3 Å². The monoisotopic (exact) mass is 306 g/mol. The molecule has 0 radical (unpaired) electrons. The lowest BCUT2D eigenvalue weighted by atomic mass is 10.3. The Morgan fingerprint density at radius 2 is 1.91 bits per heavy atom. The lowest BCUT2D eigenvalue weighted by Crippen LogP contribution is -2.07. The van der Waals surface area contributed by atoms with Gasteiger partial charge < -0.3 is 9.72 Å². The Balaban J connectivity index is 1.63. The van der Waals surface area contributed by atoms with Gasteiger partial charge in [0.05, 0.1) is 18.4 Å². The van der Waals surface area contributed by atoms with E-state index in [0.29, 0.717) is 6.54 Å². The van der Waals surface area contributed by atoms with Gasteiger partial charge in [0.1, 0.15) is 11.5 Å². The first-order valence-electron chi connectivity index (χ1n) is 7.75. The van der Waals surface area contributed by atoms with Crippen LogP contribution in [0.5, 0.6) is 0 Å². The van der Waals surface area contributed by atoms with Crippen molar-refractivity contribution in [3.8, 4) is 0 Å². The van der Waals surface area contributed by atoms with E-state index >= 15 is 0 Å². The molecular formula is C17H18N6. The molecule has 0 fully saturated rings. The lowest BCUT2D eigenvalue weighted by molar-refractivity contribution is 0.898. The van der Waals surface area contributed by atoms with E-state index < -0.39 is 0 Å². The van der Waals surface area contributed by atoms with Crippen molar-refractivity contribution < 1.29 is 0 Å². The number of nitrogens with one attached hydrogen (secondary N) is 1. The SMILES string of the molecule is CCc1cc(NCc2cn3cc(C)ccc3n2)n2nccc2n1. The molecule has 0 unspecified atom stereocenters. The van der Waals surface area contributed by atoms with Gasteiger partial charge in [-0.3, -0.25) is 0 Å². The summed E-state index contributed by atoms with van der Waals surface area (Å²) in [5.41, 5.74) is 5.07. The maximum atomic E-state index is 4.63. The number of aryl methyl sites for hydroxylation is 2. The van der Waals surface area contributed by atoms with E-state index in [1.54, 1.807) is 6.20 Å². The van der Waals surface area contributed by atoms with Crippen LogP contribution in [-0.2, 0) is 13.0 Å². The molecule has 0 saturated heterocycles. The topological polar surface area (TPSA) is 59.5 Å². The Kier molecular flexibility index (Phi) is 3.22. The van der Waals surface area contributed by atoms with E-state index in [1.165, 1.54) is 5.56 Å². The summed E-state index contributed by atoms with van der Waals surface area (Å²) in [6.07, 6.45) is 6.79. The van der Waals surface area contributed by atoms with Gasteiger partial charge in [0, 0.05) is 30.2 Å². The highest BCUT2D eigenvalue weighted by atomic mass is 15.3. The number of fused-ring (bicyclic) bond motifs is 2. The Hall–Kier alpha value is -2.89. The molecule has 1 N–H and O–H groups in total. The lowest BCUT2D eigenvalue weighted by Gasteiger charge is -2.08. The zero-order valence-corrected chi connectivity index (χ0v) is 13.2. The number of hydrogen-bond donors (Lipinski definition) is 1. The highest BCUT2D eigenvalue weighted by molar-refractivity contribution is 5.49. The summed E-state index contributed by atoms with van der Waals surface area (Å²) >= 11 is 0. The molecule has 0 bridgehead atoms. The largest absolute Gasteiger partial charge is 0.364 e. The first-order chi connectivity index (χ1) is 11.2. The first kappa shape index (κ1) is 13.8. The number of rotatable bonds is 4. The second-order valence-electron chi connectivity index (χ2n) is 5.65. The van der Waals surface area contributed by atoms with Gasteiger partial charge in [-0.15, -0.1) is 0 Å². The van der Waals surface area contributed by atoms with Gasteiger partial charge in [0.15, 0.2) is 5.65 Å². The fourth-order valence-corrected chi connectivity index (χ4v) is 2.69. The van der Waals surface area contributed by atoms with Crippen LogP contribution in [0.15, 0.2) is 42.9 Å². The molecule has 0 aliphatic carbocycles. The highest BCUT2D eigenvalue weighted by Gasteiger charge is 2.07. The Bertz CT molecular complexity index is 981. The number of nitrogens with zero attached hydrogens (tertiary/aromatic N) is 5. The molecule has 0 aliphatic rings. The van der Waals surface area contributed by atoms with Gasteiger partial charge in [0.25, 0.3) is 0 Å². The minimum absolute atomic E-state index is 0.642. The Morgan fingerprint density at radius 3 is 2.78 bits per heavy atom. The van der Waals surface area contributed by atoms with Crippen LogP contribution in [0.3, 0.4) is 0 Å². The molecule has 23 heavy (non-hydrogen) atoms. The highest BCUT2D eigenvalue weighted by Crippen LogP contribution is 2.14. The first-order valence-corrected chi connectivity index (χ1v) is 7.75. The third kappa shape index (κ3) is 2.52. The standard InChI is InChI=1S/C17H18N6/c1-3-13-8-17(23-16(20-13)6-7-19-23)18-9-14-11-22-10-12(2)4-5-15(22)21-14/h4-8,10-11,18H,3,9H2,1-2H3. The van der Waals surface area contributed by atoms with Crippen LogP contribution in [0.2, 0.25) is 0 Å². The Labute approximate surface area is 133 Å². The van der Waals surface area contributed by atoms with Crippen LogP contribution >= 0.6 is 0 Å². The van der Waals surface area contributed by atoms with Crippen molar-refractivity contribution in [2.45, 2.75) is 26.8 Å². The zero-order chi connectivity index (χ0) is 15.8. The third-order valence-electron chi connectivity index (χ3n) is 3.87. The zero-order valence-electron chi connectivity index (χ0n) is 13.2. The minimum Gasteiger partial charge on any atom is -0.364 e. The summed E-state index contributed by atoms with van der Waals surface area (Å²) in [7, 11) is 0. The number of anilines is 1. The van der Waals surface area contributed by atoms with E-state index in [9.17, 15) is 0 Å². The maximum absolute atomic E-state index is 4.63. The molecule has 0 aliphatic heterocycles. The number of aromatic nitrogens is 5. The molecule has 0 aromatic carbocycles. The summed E-state index contributed by atoms with van der Waals surface area (Å²) in [5, 5.41) is 7.75. The van der Waals surface area contributed by atoms with Crippen LogP contribution in [-0.4, -0.2) is 24.0 Å². The molecule has 6 nitrogen and oxygen atoms in total. The number of imidazole rings is 1. The van der Waals surface area contributed by atoms with Crippen molar-refractivity contribution in [1.29, 1.82) is 0 Å². The minimum atomic E-state index is 0.642. The number of hydrogen-bond acceptors (Lipinski definition) is 4. The predicted molar refractivity (Wildman–Crippen MR) is 89.6 cm³/mol. The molecule has 0 spiro atoms. The fourth-order valence-electron chi connectivity index (χ4n) is 2.69. The average Bonchev–Trinajstić information content (AvgIpc) is 3.17. The predicted octanol–water partition coefficient (Wildman–Crippen LogP) is 2.86. The van der Waals surface area contributed by atoms with Crippen molar-refractivity contribution in [3.63, 3.8) is 0 Å². The maximum Gasteiger partial charge on any atom is 0.157 e. The number of pyridine rings is 1. The van der Waals surface area contributed by atoms with Crippen molar-refractivity contribution in [3.05, 3.63) is 59.8 Å². The molecule has 0 amide bonds. The summed E-state index contributed by atoms with van der Waals surface area (Å²) in [6.45, 7) is 4.82. The van der Waals surface area contributed by atoms with Gasteiger partial charge in [-0.2, -0.15) is 9.61 Å². The third-order valence-corrected chi connectivity index (χ3v) is 3.87. The van der Waals surface area contributed by atoms with E-state index in [1.807, 2.05) is 22.7 Å². The van der Waals surface area contributed by atoms with Crippen molar-refractivity contribution in [1.82, 2.24) is 24.0 Å². The smallest absolute Gasteiger partial charge is 0.157 e. The molecule has 4 aromatic rings. The second kappa shape index (κ2) is 5.39. The van der Waals surface area contributed by atoms with E-state index in [-0.39, 0.29) is 0 Å². The molecule has 4 heterocycles. The molecule has 6 heteroatoms.